The fraction of sp³-hybridized carbons (Fsp3) is 1.00. The molecule has 0 radical (unpaired) electrons. The van der Waals surface area contributed by atoms with Gasteiger partial charge in [-0.15, -0.1) is 0 Å². The molecule has 1 aliphatic heterocycles. The molecule has 90 valence electrons. The Kier molecular flexibility index (Phi) is 6.87. The van der Waals surface area contributed by atoms with Crippen LogP contribution in [-0.4, -0.2) is 61.8 Å². The van der Waals surface area contributed by atoms with Gasteiger partial charge in [0.1, 0.15) is 0 Å². The predicted octanol–water partition coefficient (Wildman–Crippen LogP) is -1.30. The monoisotopic (exact) mass is 218 g/mol. The predicted molar refractivity (Wildman–Crippen MR) is 57.8 cm³/mol. The summed E-state index contributed by atoms with van der Waals surface area (Å²) in [7, 11) is 0. The Hall–Kier alpha value is -0.200. The molecule has 1 heterocycles. The van der Waals surface area contributed by atoms with Gasteiger partial charge in [-0.3, -0.25) is 0 Å². The minimum absolute atomic E-state index is 0.175. The van der Waals surface area contributed by atoms with Gasteiger partial charge in [0.2, 0.25) is 0 Å². The molecule has 1 rings (SSSR count). The highest BCUT2D eigenvalue weighted by Crippen LogP contribution is 2.18. The van der Waals surface area contributed by atoms with Gasteiger partial charge < -0.3 is 25.6 Å². The van der Waals surface area contributed by atoms with Gasteiger partial charge in [0.25, 0.3) is 0 Å². The Bertz CT molecular complexity index is 142. The van der Waals surface area contributed by atoms with Crippen molar-refractivity contribution in [3.8, 4) is 0 Å². The molecule has 0 spiro atoms. The Morgan fingerprint density at radius 1 is 0.933 bits per heavy atom. The van der Waals surface area contributed by atoms with Crippen molar-refractivity contribution >= 4 is 0 Å². The van der Waals surface area contributed by atoms with Crippen molar-refractivity contribution in [1.82, 2.24) is 10.6 Å². The minimum Gasteiger partial charge on any atom is -0.395 e. The van der Waals surface area contributed by atoms with Crippen molar-refractivity contribution in [2.24, 2.45) is 0 Å². The van der Waals surface area contributed by atoms with E-state index >= 15 is 0 Å². The van der Waals surface area contributed by atoms with Gasteiger partial charge in [-0.05, 0) is 12.8 Å². The Labute approximate surface area is 90.8 Å². The third kappa shape index (κ3) is 5.44. The summed E-state index contributed by atoms with van der Waals surface area (Å²) >= 11 is 0. The summed E-state index contributed by atoms with van der Waals surface area (Å²) in [4.78, 5) is 0. The van der Waals surface area contributed by atoms with Crippen molar-refractivity contribution in [1.29, 1.82) is 0 Å². The van der Waals surface area contributed by atoms with E-state index < -0.39 is 0 Å². The molecule has 2 atom stereocenters. The molecule has 4 N–H and O–H groups in total. The molecular weight excluding hydrogens is 196 g/mol. The molecule has 0 bridgehead atoms. The van der Waals surface area contributed by atoms with E-state index in [2.05, 4.69) is 10.6 Å². The number of aliphatic hydroxyl groups is 2. The van der Waals surface area contributed by atoms with Crippen LogP contribution in [-0.2, 0) is 4.74 Å². The van der Waals surface area contributed by atoms with Crippen molar-refractivity contribution in [2.45, 2.75) is 25.0 Å². The van der Waals surface area contributed by atoms with Crippen LogP contribution in [0.1, 0.15) is 12.8 Å². The van der Waals surface area contributed by atoms with Gasteiger partial charge >= 0.3 is 0 Å². The number of hydrogen-bond acceptors (Lipinski definition) is 5. The van der Waals surface area contributed by atoms with Crippen LogP contribution in [0.4, 0.5) is 0 Å². The molecule has 1 aliphatic rings. The number of nitrogens with one attached hydrogen (secondary N) is 2. The maximum absolute atomic E-state index is 8.60. The smallest absolute Gasteiger partial charge is 0.0704 e. The summed E-state index contributed by atoms with van der Waals surface area (Å²) in [6.45, 7) is 3.25. The molecule has 0 saturated carbocycles. The molecule has 15 heavy (non-hydrogen) atoms. The van der Waals surface area contributed by atoms with Crippen molar-refractivity contribution < 1.29 is 14.9 Å². The summed E-state index contributed by atoms with van der Waals surface area (Å²) < 4.78 is 5.77. The second-order valence-corrected chi connectivity index (χ2v) is 3.81. The molecule has 5 nitrogen and oxygen atoms in total. The normalized spacial score (nSPS) is 26.0. The lowest BCUT2D eigenvalue weighted by atomic mass is 10.2. The molecule has 0 amide bonds. The van der Waals surface area contributed by atoms with Crippen LogP contribution in [0, 0.1) is 0 Å². The average molecular weight is 218 g/mol. The standard InChI is InChI=1S/C10H22N2O3/c13-5-3-11-7-9-1-2-10(15-9)8-12-4-6-14/h9-14H,1-8H2/t9-,10-/m1/s1. The third-order valence-electron chi connectivity index (χ3n) is 2.52. The van der Waals surface area contributed by atoms with Gasteiger partial charge in [-0.2, -0.15) is 0 Å². The van der Waals surface area contributed by atoms with Crippen molar-refractivity contribution in [2.75, 3.05) is 39.4 Å². The lowest BCUT2D eigenvalue weighted by Gasteiger charge is -2.14. The molecule has 0 aliphatic carbocycles. The van der Waals surface area contributed by atoms with E-state index in [1.54, 1.807) is 0 Å². The number of hydrogen-bond donors (Lipinski definition) is 4. The Morgan fingerprint density at radius 2 is 1.40 bits per heavy atom. The molecule has 0 aromatic carbocycles. The maximum Gasteiger partial charge on any atom is 0.0704 e. The van der Waals surface area contributed by atoms with Crippen molar-refractivity contribution in [3.63, 3.8) is 0 Å². The third-order valence-corrected chi connectivity index (χ3v) is 2.52. The van der Waals surface area contributed by atoms with E-state index in [4.69, 9.17) is 14.9 Å². The first-order valence-corrected chi connectivity index (χ1v) is 5.65. The number of ether oxygens (including phenoxy) is 1. The Morgan fingerprint density at radius 3 is 1.80 bits per heavy atom. The van der Waals surface area contributed by atoms with E-state index in [1.165, 1.54) is 0 Å². The highest BCUT2D eigenvalue weighted by molar-refractivity contribution is 4.76. The summed E-state index contributed by atoms with van der Waals surface area (Å²) in [6, 6.07) is 0. The van der Waals surface area contributed by atoms with E-state index in [1.807, 2.05) is 0 Å². The fourth-order valence-electron chi connectivity index (χ4n) is 1.76. The van der Waals surface area contributed by atoms with Crippen LogP contribution < -0.4 is 10.6 Å². The second kappa shape index (κ2) is 8.01. The van der Waals surface area contributed by atoms with E-state index in [0.29, 0.717) is 13.1 Å². The van der Waals surface area contributed by atoms with Gasteiger partial charge in [0, 0.05) is 26.2 Å². The van der Waals surface area contributed by atoms with Crippen LogP contribution in [0.5, 0.6) is 0 Å². The van der Waals surface area contributed by atoms with Crippen molar-refractivity contribution in [3.05, 3.63) is 0 Å². The summed E-state index contributed by atoms with van der Waals surface area (Å²) in [5, 5.41) is 23.5. The van der Waals surface area contributed by atoms with Crippen LogP contribution >= 0.6 is 0 Å². The molecule has 5 heteroatoms. The van der Waals surface area contributed by atoms with E-state index in [0.717, 1.165) is 25.9 Å². The first kappa shape index (κ1) is 12.9. The lowest BCUT2D eigenvalue weighted by molar-refractivity contribution is 0.0448. The topological polar surface area (TPSA) is 73.8 Å². The van der Waals surface area contributed by atoms with Gasteiger partial charge in [-0.1, -0.05) is 0 Å². The number of rotatable bonds is 8. The quantitative estimate of drug-likeness (QED) is 0.381. The highest BCUT2D eigenvalue weighted by atomic mass is 16.5. The molecular formula is C10H22N2O3. The van der Waals surface area contributed by atoms with Gasteiger partial charge in [-0.25, -0.2) is 0 Å². The molecule has 0 aromatic rings. The molecule has 0 unspecified atom stereocenters. The maximum atomic E-state index is 8.60. The Balaban J connectivity index is 1.99. The zero-order chi connectivity index (χ0) is 10.9. The van der Waals surface area contributed by atoms with E-state index in [9.17, 15) is 0 Å². The molecule has 1 saturated heterocycles. The molecule has 0 aromatic heterocycles. The zero-order valence-electron chi connectivity index (χ0n) is 9.11. The zero-order valence-corrected chi connectivity index (χ0v) is 9.11. The van der Waals surface area contributed by atoms with Crippen LogP contribution in [0.25, 0.3) is 0 Å². The first-order valence-electron chi connectivity index (χ1n) is 5.65. The largest absolute Gasteiger partial charge is 0.395 e. The lowest BCUT2D eigenvalue weighted by Crippen LogP contribution is -2.32. The minimum atomic E-state index is 0.175. The second-order valence-electron chi connectivity index (χ2n) is 3.81. The van der Waals surface area contributed by atoms with Crippen LogP contribution in [0.3, 0.4) is 0 Å². The average Bonchev–Trinajstić information content (AvgIpc) is 2.67. The molecule has 1 fully saturated rings. The van der Waals surface area contributed by atoms with Gasteiger partial charge in [0.05, 0.1) is 25.4 Å². The summed E-state index contributed by atoms with van der Waals surface area (Å²) in [6.07, 6.45) is 2.70. The fourth-order valence-corrected chi connectivity index (χ4v) is 1.76. The van der Waals surface area contributed by atoms with Crippen LogP contribution in [0.2, 0.25) is 0 Å². The summed E-state index contributed by atoms with van der Waals surface area (Å²) in [5.74, 6) is 0. The van der Waals surface area contributed by atoms with E-state index in [-0.39, 0.29) is 25.4 Å². The van der Waals surface area contributed by atoms with Gasteiger partial charge in [0.15, 0.2) is 0 Å². The van der Waals surface area contributed by atoms with Crippen LogP contribution in [0.15, 0.2) is 0 Å². The summed E-state index contributed by atoms with van der Waals surface area (Å²) in [5.41, 5.74) is 0. The highest BCUT2D eigenvalue weighted by Gasteiger charge is 2.24. The number of aliphatic hydroxyl groups excluding tert-OH is 2. The SMILES string of the molecule is OCCNC[C@H]1CC[C@H](CNCCO)O1. The first-order chi connectivity index (χ1) is 7.36.